The second-order valence-corrected chi connectivity index (χ2v) is 6.45. The number of nitrogens with one attached hydrogen (secondary N) is 1. The number of aromatic amines is 1. The number of nitrogens with zero attached hydrogens (tertiary/aromatic N) is 4. The van der Waals surface area contributed by atoms with Gasteiger partial charge >= 0.3 is 0 Å². The zero-order valence-electron chi connectivity index (χ0n) is 15.0. The number of hydrogen-bond donors (Lipinski definition) is 1. The molecule has 27 heavy (non-hydrogen) atoms. The molecular formula is C21H17N5O. The van der Waals surface area contributed by atoms with Gasteiger partial charge < -0.3 is 14.3 Å². The van der Waals surface area contributed by atoms with Crippen molar-refractivity contribution in [2.75, 3.05) is 7.11 Å². The van der Waals surface area contributed by atoms with Crippen LogP contribution in [0.1, 0.15) is 0 Å². The molecule has 0 aliphatic heterocycles. The highest BCUT2D eigenvalue weighted by atomic mass is 16.5. The van der Waals surface area contributed by atoms with Gasteiger partial charge in [-0.25, -0.2) is 9.97 Å². The second kappa shape index (κ2) is 5.95. The first-order chi connectivity index (χ1) is 13.2. The Morgan fingerprint density at radius 1 is 1.07 bits per heavy atom. The summed E-state index contributed by atoms with van der Waals surface area (Å²) in [5.74, 6) is 0.835. The van der Waals surface area contributed by atoms with Crippen molar-refractivity contribution in [2.24, 2.45) is 7.05 Å². The molecule has 4 aromatic heterocycles. The molecule has 6 heteroatoms. The quantitative estimate of drug-likeness (QED) is 0.527. The minimum absolute atomic E-state index is 0.804. The normalized spacial score (nSPS) is 11.3. The molecule has 6 nitrogen and oxygen atoms in total. The summed E-state index contributed by atoms with van der Waals surface area (Å²) in [7, 11) is 3.73. The monoisotopic (exact) mass is 355 g/mol. The summed E-state index contributed by atoms with van der Waals surface area (Å²) in [6.07, 6.45) is 7.27. The number of benzene rings is 1. The van der Waals surface area contributed by atoms with Crippen LogP contribution in [0, 0.1) is 0 Å². The minimum atomic E-state index is 0.804. The average molecular weight is 355 g/mol. The van der Waals surface area contributed by atoms with E-state index in [-0.39, 0.29) is 0 Å². The molecular weight excluding hydrogens is 338 g/mol. The zero-order valence-corrected chi connectivity index (χ0v) is 15.0. The summed E-state index contributed by atoms with van der Waals surface area (Å²) in [5.41, 5.74) is 5.88. The van der Waals surface area contributed by atoms with Crippen LogP contribution in [0.4, 0.5) is 0 Å². The van der Waals surface area contributed by atoms with Gasteiger partial charge in [-0.1, -0.05) is 0 Å². The number of H-pyrrole nitrogens is 1. The van der Waals surface area contributed by atoms with Gasteiger partial charge in [0.25, 0.3) is 0 Å². The van der Waals surface area contributed by atoms with Crippen LogP contribution in [0.25, 0.3) is 44.5 Å². The van der Waals surface area contributed by atoms with E-state index in [0.29, 0.717) is 0 Å². The topological polar surface area (TPSA) is 68.6 Å². The maximum atomic E-state index is 5.41. The third-order valence-electron chi connectivity index (χ3n) is 4.85. The number of hydrogen-bond acceptors (Lipinski definition) is 4. The first-order valence-corrected chi connectivity index (χ1v) is 8.62. The van der Waals surface area contributed by atoms with Crippen molar-refractivity contribution in [2.45, 2.75) is 0 Å². The van der Waals surface area contributed by atoms with Crippen LogP contribution in [0.15, 0.2) is 61.3 Å². The lowest BCUT2D eigenvalue weighted by molar-refractivity contribution is 0.415. The summed E-state index contributed by atoms with van der Waals surface area (Å²) in [6.45, 7) is 0. The van der Waals surface area contributed by atoms with Crippen molar-refractivity contribution in [3.8, 4) is 28.3 Å². The van der Waals surface area contributed by atoms with E-state index in [1.807, 2.05) is 31.4 Å². The van der Waals surface area contributed by atoms with Crippen LogP contribution in [0.2, 0.25) is 0 Å². The lowest BCUT2D eigenvalue weighted by Crippen LogP contribution is -1.87. The van der Waals surface area contributed by atoms with Gasteiger partial charge in [-0.05, 0) is 36.4 Å². The van der Waals surface area contributed by atoms with Crippen molar-refractivity contribution in [3.05, 3.63) is 61.3 Å². The van der Waals surface area contributed by atoms with E-state index < -0.39 is 0 Å². The predicted molar refractivity (Wildman–Crippen MR) is 106 cm³/mol. The molecule has 0 fully saturated rings. The Bertz CT molecular complexity index is 1270. The summed E-state index contributed by atoms with van der Waals surface area (Å²) >= 11 is 0. The molecule has 0 saturated heterocycles. The van der Waals surface area contributed by atoms with Crippen molar-refractivity contribution in [3.63, 3.8) is 0 Å². The summed E-state index contributed by atoms with van der Waals surface area (Å²) in [6, 6.07) is 12.1. The zero-order chi connectivity index (χ0) is 18.4. The molecule has 0 bridgehead atoms. The molecule has 1 N–H and O–H groups in total. The molecule has 1 aromatic carbocycles. The molecule has 0 aliphatic carbocycles. The number of aryl methyl sites for hydroxylation is 1. The van der Waals surface area contributed by atoms with Gasteiger partial charge in [0.15, 0.2) is 0 Å². The Morgan fingerprint density at radius 2 is 2.00 bits per heavy atom. The van der Waals surface area contributed by atoms with Crippen LogP contribution in [0.5, 0.6) is 5.75 Å². The molecule has 5 rings (SSSR count). The van der Waals surface area contributed by atoms with E-state index in [0.717, 1.165) is 50.2 Å². The van der Waals surface area contributed by atoms with Gasteiger partial charge in [0.05, 0.1) is 12.8 Å². The van der Waals surface area contributed by atoms with E-state index in [2.05, 4.69) is 48.9 Å². The molecule has 132 valence electrons. The second-order valence-electron chi connectivity index (χ2n) is 6.45. The van der Waals surface area contributed by atoms with Crippen molar-refractivity contribution < 1.29 is 4.74 Å². The molecule has 0 amide bonds. The fraction of sp³-hybridized carbons (Fsp3) is 0.0952. The van der Waals surface area contributed by atoms with E-state index in [1.54, 1.807) is 19.6 Å². The van der Waals surface area contributed by atoms with Gasteiger partial charge in [-0.2, -0.15) is 0 Å². The standard InChI is InChI=1S/C21H17N5O/c1-26-11-17(15-8-14(27-2)5-6-19(15)26)18-9-16-20(13-4-3-7-22-10-13)23-12-24-21(16)25-18/h3-12H,1-2H3,(H,23,24,25). The Morgan fingerprint density at radius 3 is 2.81 bits per heavy atom. The summed E-state index contributed by atoms with van der Waals surface area (Å²) < 4.78 is 7.52. The van der Waals surface area contributed by atoms with E-state index >= 15 is 0 Å². The Hall–Kier alpha value is -3.67. The maximum Gasteiger partial charge on any atom is 0.141 e. The van der Waals surface area contributed by atoms with Crippen LogP contribution in [-0.4, -0.2) is 31.6 Å². The third kappa shape index (κ3) is 2.45. The number of rotatable bonds is 3. The van der Waals surface area contributed by atoms with Gasteiger partial charge in [0, 0.05) is 58.7 Å². The molecule has 0 saturated carbocycles. The van der Waals surface area contributed by atoms with Gasteiger partial charge in [0.2, 0.25) is 0 Å². The molecule has 0 radical (unpaired) electrons. The number of methoxy groups -OCH3 is 1. The minimum Gasteiger partial charge on any atom is -0.497 e. The fourth-order valence-corrected chi connectivity index (χ4v) is 3.53. The fourth-order valence-electron chi connectivity index (χ4n) is 3.53. The number of pyridine rings is 1. The molecule has 5 aromatic rings. The van der Waals surface area contributed by atoms with Crippen molar-refractivity contribution >= 4 is 21.9 Å². The number of fused-ring (bicyclic) bond motifs is 2. The summed E-state index contributed by atoms with van der Waals surface area (Å²) in [4.78, 5) is 16.5. The Balaban J connectivity index is 1.74. The highest BCUT2D eigenvalue weighted by Crippen LogP contribution is 2.35. The highest BCUT2D eigenvalue weighted by molar-refractivity contribution is 6.00. The smallest absolute Gasteiger partial charge is 0.141 e. The van der Waals surface area contributed by atoms with Crippen LogP contribution in [-0.2, 0) is 7.05 Å². The highest BCUT2D eigenvalue weighted by Gasteiger charge is 2.15. The van der Waals surface area contributed by atoms with Gasteiger partial charge in [0.1, 0.15) is 17.7 Å². The van der Waals surface area contributed by atoms with Gasteiger partial charge in [-0.15, -0.1) is 0 Å². The maximum absolute atomic E-state index is 5.41. The molecule has 4 heterocycles. The van der Waals surface area contributed by atoms with Gasteiger partial charge in [-0.3, -0.25) is 4.98 Å². The molecule has 0 aliphatic rings. The van der Waals surface area contributed by atoms with E-state index in [4.69, 9.17) is 4.74 Å². The lowest BCUT2D eigenvalue weighted by atomic mass is 10.1. The van der Waals surface area contributed by atoms with Crippen LogP contribution < -0.4 is 4.74 Å². The number of ether oxygens (including phenoxy) is 1. The predicted octanol–water partition coefficient (Wildman–Crippen LogP) is 4.19. The summed E-state index contributed by atoms with van der Waals surface area (Å²) in [5, 5.41) is 2.10. The van der Waals surface area contributed by atoms with E-state index in [1.165, 1.54) is 0 Å². The lowest BCUT2D eigenvalue weighted by Gasteiger charge is -2.01. The Labute approximate surface area is 155 Å². The molecule has 0 atom stereocenters. The average Bonchev–Trinajstić information content (AvgIpc) is 3.29. The first-order valence-electron chi connectivity index (χ1n) is 8.62. The largest absolute Gasteiger partial charge is 0.497 e. The first kappa shape index (κ1) is 15.6. The van der Waals surface area contributed by atoms with Crippen LogP contribution in [0.3, 0.4) is 0 Å². The van der Waals surface area contributed by atoms with Crippen molar-refractivity contribution in [1.29, 1.82) is 0 Å². The molecule has 0 spiro atoms. The third-order valence-corrected chi connectivity index (χ3v) is 4.85. The molecule has 0 unspecified atom stereocenters. The van der Waals surface area contributed by atoms with Crippen LogP contribution >= 0.6 is 0 Å². The van der Waals surface area contributed by atoms with Crippen molar-refractivity contribution in [1.82, 2.24) is 24.5 Å². The Kier molecular flexibility index (Phi) is 3.43. The number of aromatic nitrogens is 5. The van der Waals surface area contributed by atoms with E-state index in [9.17, 15) is 0 Å². The SMILES string of the molecule is COc1ccc2c(c1)c(-c1cc3c(-c4cccnc4)ncnc3[nH]1)cn2C.